The van der Waals surface area contributed by atoms with Gasteiger partial charge in [-0.25, -0.2) is 14.6 Å². The fourth-order valence-electron chi connectivity index (χ4n) is 2.95. The third kappa shape index (κ3) is 2.51. The van der Waals surface area contributed by atoms with Gasteiger partial charge in [0.1, 0.15) is 0 Å². The van der Waals surface area contributed by atoms with Crippen LogP contribution in [0.2, 0.25) is 0 Å². The van der Waals surface area contributed by atoms with Crippen molar-refractivity contribution in [3.8, 4) is 11.1 Å². The van der Waals surface area contributed by atoms with Crippen molar-refractivity contribution in [1.29, 1.82) is 0 Å². The van der Waals surface area contributed by atoms with Gasteiger partial charge in [-0.1, -0.05) is 6.92 Å². The first kappa shape index (κ1) is 14.0. The number of hydrazine groups is 1. The van der Waals surface area contributed by atoms with Crippen molar-refractivity contribution in [3.05, 3.63) is 35.7 Å². The van der Waals surface area contributed by atoms with Gasteiger partial charge < -0.3 is 5.01 Å². The summed E-state index contributed by atoms with van der Waals surface area (Å²) in [5, 5.41) is 5.64. The van der Waals surface area contributed by atoms with Crippen molar-refractivity contribution in [2.24, 2.45) is 18.8 Å². The molecule has 2 aromatic rings. The summed E-state index contributed by atoms with van der Waals surface area (Å²) < 4.78 is 28.4. The van der Waals surface area contributed by atoms with Crippen LogP contribution in [-0.2, 0) is 13.5 Å². The van der Waals surface area contributed by atoms with E-state index >= 15 is 0 Å². The van der Waals surface area contributed by atoms with Gasteiger partial charge in [0, 0.05) is 30.9 Å². The first-order valence-electron chi connectivity index (χ1n) is 6.92. The zero-order chi connectivity index (χ0) is 15.1. The number of aryl methyl sites for hydroxylation is 1. The molecule has 1 aromatic carbocycles. The largest absolute Gasteiger partial charge is 0.311 e. The highest BCUT2D eigenvalue weighted by molar-refractivity contribution is 5.73. The summed E-state index contributed by atoms with van der Waals surface area (Å²) in [5.41, 5.74) is 2.97. The smallest absolute Gasteiger partial charge is 0.264 e. The van der Waals surface area contributed by atoms with Crippen LogP contribution in [0.3, 0.4) is 0 Å². The van der Waals surface area contributed by atoms with E-state index in [4.69, 9.17) is 5.84 Å². The number of anilines is 1. The Morgan fingerprint density at radius 2 is 2.14 bits per heavy atom. The topological polar surface area (TPSA) is 47.1 Å². The summed E-state index contributed by atoms with van der Waals surface area (Å²) in [4.78, 5) is 0. The summed E-state index contributed by atoms with van der Waals surface area (Å²) in [5.74, 6) is 6.37. The van der Waals surface area contributed by atoms with Gasteiger partial charge in [-0.2, -0.15) is 5.10 Å². The van der Waals surface area contributed by atoms with E-state index < -0.39 is 6.43 Å². The lowest BCUT2D eigenvalue weighted by Gasteiger charge is -2.32. The maximum absolute atomic E-state index is 13.4. The molecular weight excluding hydrogens is 274 g/mol. The zero-order valence-corrected chi connectivity index (χ0v) is 12.1. The highest BCUT2D eigenvalue weighted by Gasteiger charge is 2.25. The second-order valence-electron chi connectivity index (χ2n) is 5.73. The zero-order valence-electron chi connectivity index (χ0n) is 12.1. The van der Waals surface area contributed by atoms with E-state index in [0.717, 1.165) is 12.0 Å². The first-order chi connectivity index (χ1) is 9.95. The molecule has 0 bridgehead atoms. The molecule has 0 saturated heterocycles. The van der Waals surface area contributed by atoms with Crippen molar-refractivity contribution < 1.29 is 8.78 Å². The molecule has 0 fully saturated rings. The van der Waals surface area contributed by atoms with Gasteiger partial charge in [0.15, 0.2) is 0 Å². The second-order valence-corrected chi connectivity index (χ2v) is 5.73. The minimum Gasteiger partial charge on any atom is -0.311 e. The van der Waals surface area contributed by atoms with E-state index in [2.05, 4.69) is 12.0 Å². The Bertz CT molecular complexity index is 666. The predicted octanol–water partition coefficient (Wildman–Crippen LogP) is 2.90. The Labute approximate surface area is 122 Å². The van der Waals surface area contributed by atoms with Crippen molar-refractivity contribution in [3.63, 3.8) is 0 Å². The van der Waals surface area contributed by atoms with Gasteiger partial charge >= 0.3 is 0 Å². The molecule has 0 amide bonds. The molecule has 0 spiro atoms. The molecule has 1 aliphatic heterocycles. The van der Waals surface area contributed by atoms with Crippen LogP contribution in [-0.4, -0.2) is 16.3 Å². The summed E-state index contributed by atoms with van der Waals surface area (Å²) in [6.07, 6.45) is 1.67. The van der Waals surface area contributed by atoms with Gasteiger partial charge in [-0.15, -0.1) is 0 Å². The molecule has 0 radical (unpaired) electrons. The van der Waals surface area contributed by atoms with Gasteiger partial charge in [0.25, 0.3) is 6.43 Å². The molecule has 1 aromatic heterocycles. The molecule has 2 heterocycles. The summed E-state index contributed by atoms with van der Waals surface area (Å²) in [6, 6.07) is 3.36. The maximum atomic E-state index is 13.4. The average Bonchev–Trinajstić information content (AvgIpc) is 2.83. The number of fused-ring (bicyclic) bond motifs is 1. The summed E-state index contributed by atoms with van der Waals surface area (Å²) in [6.45, 7) is 2.79. The van der Waals surface area contributed by atoms with E-state index in [-0.39, 0.29) is 5.56 Å². The number of hydrogen-bond donors (Lipinski definition) is 1. The predicted molar refractivity (Wildman–Crippen MR) is 78.0 cm³/mol. The number of nitrogens with zero attached hydrogens (tertiary/aromatic N) is 3. The normalized spacial score (nSPS) is 18.2. The second kappa shape index (κ2) is 5.11. The Hall–Kier alpha value is -1.95. The Balaban J connectivity index is 2.17. The number of alkyl halides is 2. The molecule has 2 N–H and O–H groups in total. The molecule has 0 aliphatic carbocycles. The number of hydrogen-bond acceptors (Lipinski definition) is 3. The van der Waals surface area contributed by atoms with Crippen molar-refractivity contribution >= 4 is 5.69 Å². The lowest BCUT2D eigenvalue weighted by molar-refractivity contribution is 0.152. The Morgan fingerprint density at radius 1 is 1.38 bits per heavy atom. The first-order valence-corrected chi connectivity index (χ1v) is 6.92. The number of aromatic nitrogens is 2. The van der Waals surface area contributed by atoms with Gasteiger partial charge in [-0.05, 0) is 35.6 Å². The van der Waals surface area contributed by atoms with E-state index in [1.165, 1.54) is 6.07 Å². The van der Waals surface area contributed by atoms with E-state index in [1.54, 1.807) is 29.1 Å². The number of rotatable bonds is 2. The molecule has 6 heteroatoms. The minimum atomic E-state index is -2.54. The number of halogens is 2. The van der Waals surface area contributed by atoms with Crippen LogP contribution in [0.4, 0.5) is 14.5 Å². The van der Waals surface area contributed by atoms with E-state index in [0.29, 0.717) is 29.3 Å². The molecule has 1 aliphatic rings. The van der Waals surface area contributed by atoms with Gasteiger partial charge in [-0.3, -0.25) is 4.68 Å². The van der Waals surface area contributed by atoms with Crippen molar-refractivity contribution in [2.45, 2.75) is 19.8 Å². The van der Waals surface area contributed by atoms with Gasteiger partial charge in [0.05, 0.1) is 11.9 Å². The quantitative estimate of drug-likeness (QED) is 0.866. The van der Waals surface area contributed by atoms with Crippen LogP contribution in [0.15, 0.2) is 24.5 Å². The minimum absolute atomic E-state index is 0.00625. The fraction of sp³-hybridized carbons (Fsp3) is 0.400. The van der Waals surface area contributed by atoms with Crippen LogP contribution in [0, 0.1) is 5.92 Å². The number of benzene rings is 1. The van der Waals surface area contributed by atoms with E-state index in [9.17, 15) is 8.78 Å². The molecule has 21 heavy (non-hydrogen) atoms. The fourth-order valence-corrected chi connectivity index (χ4v) is 2.95. The third-order valence-corrected chi connectivity index (χ3v) is 3.89. The van der Waals surface area contributed by atoms with E-state index in [1.807, 2.05) is 6.07 Å². The molecule has 0 saturated carbocycles. The average molecular weight is 292 g/mol. The Morgan fingerprint density at radius 3 is 2.76 bits per heavy atom. The molecule has 112 valence electrons. The Kier molecular flexibility index (Phi) is 3.41. The molecule has 4 nitrogen and oxygen atoms in total. The van der Waals surface area contributed by atoms with Crippen LogP contribution in [0.25, 0.3) is 11.1 Å². The highest BCUT2D eigenvalue weighted by atomic mass is 19.3. The van der Waals surface area contributed by atoms with Crippen LogP contribution in [0.1, 0.15) is 24.5 Å². The van der Waals surface area contributed by atoms with Crippen molar-refractivity contribution in [1.82, 2.24) is 9.78 Å². The maximum Gasteiger partial charge on any atom is 0.264 e. The van der Waals surface area contributed by atoms with Crippen molar-refractivity contribution in [2.75, 3.05) is 11.6 Å². The molecule has 1 atom stereocenters. The number of nitrogens with two attached hydrogens (primary N) is 1. The SMILES string of the molecule is C[C@H]1Cc2cc(-c3cnn(C)c3)c(C(F)F)cc2N(N)C1. The van der Waals surface area contributed by atoms with Crippen LogP contribution in [0.5, 0.6) is 0 Å². The molecule has 3 rings (SSSR count). The van der Waals surface area contributed by atoms with Crippen LogP contribution < -0.4 is 10.9 Å². The monoisotopic (exact) mass is 292 g/mol. The van der Waals surface area contributed by atoms with Gasteiger partial charge in [0.2, 0.25) is 0 Å². The highest BCUT2D eigenvalue weighted by Crippen LogP contribution is 2.38. The van der Waals surface area contributed by atoms with Crippen LogP contribution >= 0.6 is 0 Å². The third-order valence-electron chi connectivity index (χ3n) is 3.89. The lowest BCUT2D eigenvalue weighted by atomic mass is 9.90. The summed E-state index contributed by atoms with van der Waals surface area (Å²) >= 11 is 0. The summed E-state index contributed by atoms with van der Waals surface area (Å²) in [7, 11) is 1.77. The molecular formula is C15H18F2N4. The lowest BCUT2D eigenvalue weighted by Crippen LogP contribution is -2.39. The standard InChI is InChI=1S/C15H18F2N4/c1-9-3-10-4-12(11-6-19-20(2)8-11)13(15(16)17)5-14(10)21(18)7-9/h4-6,8-9,15H,3,7,18H2,1-2H3/t9-/m0/s1. The molecule has 0 unspecified atom stereocenters.